The molecule has 3 rings (SSSR count). The molecule has 0 bridgehead atoms. The molecule has 1 N–H and O–H groups in total. The number of terminal acetylenes is 1. The molecule has 0 spiro atoms. The smallest absolute Gasteiger partial charge is 0.416 e. The van der Waals surface area contributed by atoms with Crippen LogP contribution >= 0.6 is 23.2 Å². The second-order valence-corrected chi connectivity index (χ2v) is 7.46. The van der Waals surface area contributed by atoms with Gasteiger partial charge >= 0.3 is 12.2 Å². The number of carbonyl (C=O) groups excluding carboxylic acids is 3. The number of benzene rings is 2. The zero-order valence-electron chi connectivity index (χ0n) is 17.1. The summed E-state index contributed by atoms with van der Waals surface area (Å²) >= 11 is 12.2. The lowest BCUT2D eigenvalue weighted by Gasteiger charge is -2.27. The van der Waals surface area contributed by atoms with E-state index < -0.39 is 40.8 Å². The average Bonchev–Trinajstić information content (AvgIpc) is 2.75. The van der Waals surface area contributed by atoms with Gasteiger partial charge in [-0.25, -0.2) is 9.69 Å². The fourth-order valence-corrected chi connectivity index (χ4v) is 3.46. The van der Waals surface area contributed by atoms with E-state index in [4.69, 9.17) is 39.1 Å². The Morgan fingerprint density at radius 2 is 1.85 bits per heavy atom. The fraction of sp³-hybridized carbons (Fsp3) is 0.136. The number of ether oxygens (including phenoxy) is 2. The van der Waals surface area contributed by atoms with E-state index in [2.05, 4.69) is 5.92 Å². The van der Waals surface area contributed by atoms with Gasteiger partial charge in [0, 0.05) is 0 Å². The molecule has 7 nitrogen and oxygen atoms in total. The van der Waals surface area contributed by atoms with Crippen molar-refractivity contribution < 1.29 is 37.0 Å². The van der Waals surface area contributed by atoms with Gasteiger partial charge in [-0.2, -0.15) is 13.2 Å². The van der Waals surface area contributed by atoms with Crippen molar-refractivity contribution in [2.45, 2.75) is 6.18 Å². The molecule has 176 valence electrons. The van der Waals surface area contributed by atoms with E-state index in [0.717, 1.165) is 12.1 Å². The minimum absolute atomic E-state index is 0.0407. The summed E-state index contributed by atoms with van der Waals surface area (Å²) in [7, 11) is 1.32. The first-order valence-corrected chi connectivity index (χ1v) is 9.95. The lowest BCUT2D eigenvalue weighted by atomic mass is 10.1. The van der Waals surface area contributed by atoms with Gasteiger partial charge in [0.1, 0.15) is 12.2 Å². The number of anilines is 1. The highest BCUT2D eigenvalue weighted by Crippen LogP contribution is 2.38. The molecule has 1 aliphatic rings. The second kappa shape index (κ2) is 9.67. The van der Waals surface area contributed by atoms with Crippen molar-refractivity contribution in [3.8, 4) is 23.8 Å². The number of halogens is 5. The third kappa shape index (κ3) is 4.95. The lowest BCUT2D eigenvalue weighted by Crippen LogP contribution is -2.54. The van der Waals surface area contributed by atoms with Gasteiger partial charge < -0.3 is 9.47 Å². The number of amides is 4. The van der Waals surface area contributed by atoms with Crippen LogP contribution in [0, 0.1) is 12.3 Å². The highest BCUT2D eigenvalue weighted by atomic mass is 35.5. The van der Waals surface area contributed by atoms with E-state index in [1.807, 2.05) is 5.32 Å². The van der Waals surface area contributed by atoms with E-state index >= 15 is 0 Å². The van der Waals surface area contributed by atoms with Crippen LogP contribution in [-0.4, -0.2) is 31.6 Å². The van der Waals surface area contributed by atoms with E-state index in [1.165, 1.54) is 19.2 Å². The number of hydrogen-bond donors (Lipinski definition) is 1. The van der Waals surface area contributed by atoms with E-state index in [9.17, 15) is 27.6 Å². The zero-order chi connectivity index (χ0) is 25.2. The van der Waals surface area contributed by atoms with Crippen molar-refractivity contribution in [1.82, 2.24) is 5.32 Å². The van der Waals surface area contributed by atoms with Gasteiger partial charge in [0.15, 0.2) is 11.5 Å². The van der Waals surface area contributed by atoms with Crippen molar-refractivity contribution in [3.63, 3.8) is 0 Å². The van der Waals surface area contributed by atoms with E-state index in [1.54, 1.807) is 0 Å². The Kier molecular flexibility index (Phi) is 7.09. The van der Waals surface area contributed by atoms with Gasteiger partial charge in [-0.05, 0) is 42.0 Å². The van der Waals surface area contributed by atoms with Crippen LogP contribution in [0.5, 0.6) is 11.5 Å². The molecule has 2 aromatic rings. The number of nitrogens with zero attached hydrogens (tertiary/aromatic N) is 1. The van der Waals surface area contributed by atoms with Crippen LogP contribution in [0.15, 0.2) is 35.9 Å². The minimum atomic E-state index is -4.76. The minimum Gasteiger partial charge on any atom is -0.493 e. The first kappa shape index (κ1) is 25.0. The lowest BCUT2D eigenvalue weighted by molar-refractivity contribution is -0.137. The maximum Gasteiger partial charge on any atom is 0.416 e. The molecular formula is C22H13Cl2F3N2O5. The summed E-state index contributed by atoms with van der Waals surface area (Å²) in [6.07, 6.45) is 1.48. The Hall–Kier alpha value is -3.68. The molecule has 12 heteroatoms. The molecule has 0 saturated carbocycles. The first-order valence-electron chi connectivity index (χ1n) is 9.20. The molecule has 0 aliphatic carbocycles. The maximum atomic E-state index is 13.1. The topological polar surface area (TPSA) is 84.9 Å². The number of imide groups is 2. The van der Waals surface area contributed by atoms with Crippen LogP contribution in [0.25, 0.3) is 6.08 Å². The van der Waals surface area contributed by atoms with Gasteiger partial charge in [-0.1, -0.05) is 29.1 Å². The van der Waals surface area contributed by atoms with E-state index in [0.29, 0.717) is 17.0 Å². The summed E-state index contributed by atoms with van der Waals surface area (Å²) in [5, 5.41) is 1.63. The Bertz CT molecular complexity index is 1270. The molecule has 34 heavy (non-hydrogen) atoms. The molecule has 0 unspecified atom stereocenters. The van der Waals surface area contributed by atoms with Crippen LogP contribution in [0.3, 0.4) is 0 Å². The Labute approximate surface area is 201 Å². The number of urea groups is 1. The fourth-order valence-electron chi connectivity index (χ4n) is 2.98. The van der Waals surface area contributed by atoms with Crippen LogP contribution < -0.4 is 19.7 Å². The highest BCUT2D eigenvalue weighted by molar-refractivity contribution is 6.42. The summed E-state index contributed by atoms with van der Waals surface area (Å²) in [4.78, 5) is 38.1. The summed E-state index contributed by atoms with van der Waals surface area (Å²) in [6, 6.07) is 3.56. The Balaban J connectivity index is 2.07. The normalized spacial score (nSPS) is 15.3. The van der Waals surface area contributed by atoms with Crippen LogP contribution in [0.4, 0.5) is 23.7 Å². The first-order chi connectivity index (χ1) is 16.0. The number of methoxy groups -OCH3 is 1. The number of hydrogen-bond acceptors (Lipinski definition) is 5. The molecule has 1 heterocycles. The third-order valence-electron chi connectivity index (χ3n) is 4.48. The SMILES string of the molecule is C#CCOc1c(Cl)cc(/C=C2/C(=O)NC(=O)N(c3cc(C(F)(F)F)ccc3Cl)C2=O)cc1OC. The monoisotopic (exact) mass is 512 g/mol. The van der Waals surface area contributed by atoms with Crippen LogP contribution in [0.1, 0.15) is 11.1 Å². The Morgan fingerprint density at radius 1 is 1.15 bits per heavy atom. The molecule has 0 radical (unpaired) electrons. The number of barbiturate groups is 1. The standard InChI is InChI=1S/C22H13Cl2F3N2O5/c1-3-6-34-18-15(24)8-11(9-17(18)33-2)7-13-19(30)28-21(32)29(20(13)31)16-10-12(22(25,26)27)4-5-14(16)23/h1,4-5,7-10H,6H2,2H3,(H,28,30,32)/b13-7-. The van der Waals surface area contributed by atoms with Gasteiger partial charge in [-0.3, -0.25) is 14.9 Å². The number of rotatable bonds is 5. The highest BCUT2D eigenvalue weighted by Gasteiger charge is 2.39. The quantitative estimate of drug-likeness (QED) is 0.356. The largest absolute Gasteiger partial charge is 0.493 e. The van der Waals surface area contributed by atoms with Gasteiger partial charge in [0.2, 0.25) is 0 Å². The molecule has 2 aromatic carbocycles. The van der Waals surface area contributed by atoms with Gasteiger partial charge in [-0.15, -0.1) is 6.42 Å². The molecule has 1 aliphatic heterocycles. The third-order valence-corrected chi connectivity index (χ3v) is 5.08. The summed E-state index contributed by atoms with van der Waals surface area (Å²) < 4.78 is 50.0. The number of nitrogens with one attached hydrogen (secondary N) is 1. The molecule has 1 saturated heterocycles. The van der Waals surface area contributed by atoms with Crippen LogP contribution in [0.2, 0.25) is 10.0 Å². The van der Waals surface area contributed by atoms with Crippen molar-refractivity contribution in [3.05, 3.63) is 57.1 Å². The summed E-state index contributed by atoms with van der Waals surface area (Å²) in [5.74, 6) is 0.249. The molecule has 0 atom stereocenters. The number of carbonyl (C=O) groups is 3. The Morgan fingerprint density at radius 3 is 2.47 bits per heavy atom. The predicted octanol–water partition coefficient (Wildman–Crippen LogP) is 4.70. The summed E-state index contributed by atoms with van der Waals surface area (Å²) in [5.41, 5.74) is -2.07. The number of alkyl halides is 3. The average molecular weight is 513 g/mol. The second-order valence-electron chi connectivity index (χ2n) is 6.65. The summed E-state index contributed by atoms with van der Waals surface area (Å²) in [6.45, 7) is -0.105. The molecule has 4 amide bonds. The predicted molar refractivity (Wildman–Crippen MR) is 118 cm³/mol. The molecular weight excluding hydrogens is 500 g/mol. The zero-order valence-corrected chi connectivity index (χ0v) is 18.6. The maximum absolute atomic E-state index is 13.1. The van der Waals surface area contributed by atoms with Crippen LogP contribution in [-0.2, 0) is 15.8 Å². The molecule has 1 fully saturated rings. The van der Waals surface area contributed by atoms with Gasteiger partial charge in [0.05, 0.1) is 28.4 Å². The van der Waals surface area contributed by atoms with Crippen molar-refractivity contribution in [2.75, 3.05) is 18.6 Å². The van der Waals surface area contributed by atoms with E-state index in [-0.39, 0.29) is 33.7 Å². The van der Waals surface area contributed by atoms with Gasteiger partial charge in [0.25, 0.3) is 11.8 Å². The molecule has 0 aromatic heterocycles. The van der Waals surface area contributed by atoms with Crippen molar-refractivity contribution >= 4 is 52.8 Å². The van der Waals surface area contributed by atoms with Crippen molar-refractivity contribution in [1.29, 1.82) is 0 Å². The van der Waals surface area contributed by atoms with Crippen molar-refractivity contribution in [2.24, 2.45) is 0 Å².